The molecule has 0 rings (SSSR count). The van der Waals surface area contributed by atoms with Crippen LogP contribution in [-0.4, -0.2) is 25.2 Å². The fourth-order valence-corrected chi connectivity index (χ4v) is 3.33. The van der Waals surface area contributed by atoms with Gasteiger partial charge in [0.25, 0.3) is 0 Å². The van der Waals surface area contributed by atoms with Crippen LogP contribution in [0.1, 0.15) is 111 Å². The number of esters is 2. The molecule has 0 N–H and O–H groups in total. The van der Waals surface area contributed by atoms with Crippen LogP contribution in [0, 0.1) is 5.41 Å². The summed E-state index contributed by atoms with van der Waals surface area (Å²) in [6, 6.07) is 0. The van der Waals surface area contributed by atoms with E-state index in [1.54, 1.807) is 20.8 Å². The van der Waals surface area contributed by atoms with Crippen LogP contribution in [0.15, 0.2) is 24.3 Å². The fraction of sp³-hybridized carbons (Fsp3) is 0.769. The number of rotatable bonds is 19. The lowest BCUT2D eigenvalue weighted by atomic mass is 9.84. The van der Waals surface area contributed by atoms with Gasteiger partial charge in [0.05, 0.1) is 13.2 Å². The van der Waals surface area contributed by atoms with E-state index in [0.717, 1.165) is 32.1 Å². The van der Waals surface area contributed by atoms with Gasteiger partial charge in [-0.1, -0.05) is 76.2 Å². The van der Waals surface area contributed by atoms with Gasteiger partial charge in [-0.2, -0.15) is 0 Å². The van der Waals surface area contributed by atoms with Crippen molar-refractivity contribution < 1.29 is 19.1 Å². The summed E-state index contributed by atoms with van der Waals surface area (Å²) in [5, 5.41) is 0. The maximum absolute atomic E-state index is 12.2. The van der Waals surface area contributed by atoms with Gasteiger partial charge in [0, 0.05) is 0 Å². The highest BCUT2D eigenvalue weighted by Crippen LogP contribution is 2.28. The highest BCUT2D eigenvalue weighted by molar-refractivity contribution is 5.99. The van der Waals surface area contributed by atoms with Gasteiger partial charge in [0.2, 0.25) is 0 Å². The Kier molecular flexibility index (Phi) is 18.4. The minimum atomic E-state index is -1.18. The van der Waals surface area contributed by atoms with Crippen LogP contribution in [0.2, 0.25) is 0 Å². The Morgan fingerprint density at radius 3 is 1.63 bits per heavy atom. The molecule has 0 bridgehead atoms. The van der Waals surface area contributed by atoms with E-state index in [4.69, 9.17) is 9.47 Å². The highest BCUT2D eigenvalue weighted by atomic mass is 16.6. The number of hydrogen-bond acceptors (Lipinski definition) is 4. The molecule has 4 heteroatoms. The average Bonchev–Trinajstić information content (AvgIpc) is 2.73. The van der Waals surface area contributed by atoms with E-state index in [2.05, 4.69) is 31.2 Å². The minimum absolute atomic E-state index is 0.275. The third kappa shape index (κ3) is 13.6. The molecule has 30 heavy (non-hydrogen) atoms. The Morgan fingerprint density at radius 2 is 1.13 bits per heavy atom. The summed E-state index contributed by atoms with van der Waals surface area (Å²) < 4.78 is 10.2. The van der Waals surface area contributed by atoms with Crippen molar-refractivity contribution in [3.8, 4) is 0 Å². The van der Waals surface area contributed by atoms with Gasteiger partial charge in [-0.15, -0.1) is 0 Å². The van der Waals surface area contributed by atoms with Crippen LogP contribution < -0.4 is 0 Å². The molecule has 0 heterocycles. The van der Waals surface area contributed by atoms with Crippen LogP contribution in [-0.2, 0) is 19.1 Å². The first-order valence-electron chi connectivity index (χ1n) is 12.2. The van der Waals surface area contributed by atoms with Gasteiger partial charge < -0.3 is 9.47 Å². The summed E-state index contributed by atoms with van der Waals surface area (Å²) >= 11 is 0. The lowest BCUT2D eigenvalue weighted by molar-refractivity contribution is -0.171. The second-order valence-corrected chi connectivity index (χ2v) is 8.11. The molecule has 0 amide bonds. The van der Waals surface area contributed by atoms with Gasteiger partial charge in [-0.25, -0.2) is 0 Å². The van der Waals surface area contributed by atoms with Gasteiger partial charge in [0.15, 0.2) is 5.41 Å². The molecule has 0 spiro atoms. The van der Waals surface area contributed by atoms with E-state index >= 15 is 0 Å². The predicted molar refractivity (Wildman–Crippen MR) is 125 cm³/mol. The smallest absolute Gasteiger partial charge is 0.323 e. The van der Waals surface area contributed by atoms with E-state index in [-0.39, 0.29) is 13.2 Å². The Balaban J connectivity index is 3.85. The quantitative estimate of drug-likeness (QED) is 0.0946. The molecule has 0 aromatic carbocycles. The molecule has 174 valence electrons. The molecule has 0 saturated carbocycles. The van der Waals surface area contributed by atoms with Crippen molar-refractivity contribution in [2.75, 3.05) is 13.2 Å². The maximum atomic E-state index is 12.2. The lowest BCUT2D eigenvalue weighted by Crippen LogP contribution is -2.39. The SMILES string of the molecule is CCCCCC=CCC=CCCCCCCCCC(C)(C(=O)OCC)C(=O)OCC. The summed E-state index contributed by atoms with van der Waals surface area (Å²) in [7, 11) is 0. The van der Waals surface area contributed by atoms with Crippen LogP contribution in [0.25, 0.3) is 0 Å². The van der Waals surface area contributed by atoms with Crippen LogP contribution in [0.3, 0.4) is 0 Å². The molecule has 0 aliphatic carbocycles. The van der Waals surface area contributed by atoms with Crippen molar-refractivity contribution >= 4 is 11.9 Å². The molecule has 0 atom stereocenters. The zero-order valence-electron chi connectivity index (χ0n) is 20.0. The largest absolute Gasteiger partial charge is 0.465 e. The van der Waals surface area contributed by atoms with Gasteiger partial charge >= 0.3 is 11.9 Å². The molecule has 0 aliphatic rings. The Morgan fingerprint density at radius 1 is 0.667 bits per heavy atom. The second-order valence-electron chi connectivity index (χ2n) is 8.11. The molecular weight excluding hydrogens is 376 g/mol. The normalized spacial score (nSPS) is 12.0. The third-order valence-electron chi connectivity index (χ3n) is 5.33. The number of carbonyl (C=O) groups is 2. The molecule has 0 unspecified atom stereocenters. The fourth-order valence-electron chi connectivity index (χ4n) is 3.33. The van der Waals surface area contributed by atoms with Crippen molar-refractivity contribution in [1.29, 1.82) is 0 Å². The summed E-state index contributed by atoms with van der Waals surface area (Å²) in [6.07, 6.45) is 23.6. The van der Waals surface area contributed by atoms with E-state index in [1.165, 1.54) is 44.9 Å². The molecule has 0 radical (unpaired) electrons. The lowest BCUT2D eigenvalue weighted by Gasteiger charge is -2.24. The monoisotopic (exact) mass is 422 g/mol. The summed E-state index contributed by atoms with van der Waals surface area (Å²) in [6.45, 7) is 7.94. The summed E-state index contributed by atoms with van der Waals surface area (Å²) in [4.78, 5) is 24.5. The van der Waals surface area contributed by atoms with E-state index < -0.39 is 17.4 Å². The predicted octanol–water partition coefficient (Wildman–Crippen LogP) is 7.32. The number of ether oxygens (including phenoxy) is 2. The standard InChI is InChI=1S/C26H46O4/c1-5-8-9-10-11-12-13-14-15-16-17-18-19-20-21-22-23-26(4,24(27)29-6-2)25(28)30-7-3/h11-12,14-15H,5-10,13,16-23H2,1-4H3. The first-order valence-corrected chi connectivity index (χ1v) is 12.2. The molecule has 0 aliphatic heterocycles. The first-order chi connectivity index (χ1) is 14.5. The maximum Gasteiger partial charge on any atom is 0.323 e. The summed E-state index contributed by atoms with van der Waals surface area (Å²) in [5.41, 5.74) is -1.18. The topological polar surface area (TPSA) is 52.6 Å². The third-order valence-corrected chi connectivity index (χ3v) is 5.33. The number of hydrogen-bond donors (Lipinski definition) is 0. The van der Waals surface area contributed by atoms with Crippen LogP contribution in [0.5, 0.6) is 0 Å². The number of allylic oxidation sites excluding steroid dienone is 4. The zero-order valence-corrected chi connectivity index (χ0v) is 20.0. The second kappa shape index (κ2) is 19.4. The zero-order chi connectivity index (χ0) is 22.5. The van der Waals surface area contributed by atoms with Crippen molar-refractivity contribution in [1.82, 2.24) is 0 Å². The van der Waals surface area contributed by atoms with Gasteiger partial charge in [-0.05, 0) is 59.3 Å². The molecular formula is C26H46O4. The summed E-state index contributed by atoms with van der Waals surface area (Å²) in [5.74, 6) is -0.933. The Bertz CT molecular complexity index is 475. The number of carbonyl (C=O) groups excluding carboxylic acids is 2. The first kappa shape index (κ1) is 28.4. The Labute approximate surface area is 185 Å². The van der Waals surface area contributed by atoms with Crippen LogP contribution in [0.4, 0.5) is 0 Å². The average molecular weight is 423 g/mol. The highest BCUT2D eigenvalue weighted by Gasteiger charge is 2.43. The Hall–Kier alpha value is -1.58. The van der Waals surface area contributed by atoms with Gasteiger partial charge in [-0.3, -0.25) is 9.59 Å². The van der Waals surface area contributed by atoms with Crippen molar-refractivity contribution in [3.05, 3.63) is 24.3 Å². The molecule has 0 aromatic heterocycles. The van der Waals surface area contributed by atoms with E-state index in [9.17, 15) is 9.59 Å². The van der Waals surface area contributed by atoms with Gasteiger partial charge in [0.1, 0.15) is 0 Å². The number of unbranched alkanes of at least 4 members (excludes halogenated alkanes) is 9. The molecule has 0 aromatic rings. The molecule has 0 fully saturated rings. The van der Waals surface area contributed by atoms with E-state index in [1.807, 2.05) is 0 Å². The minimum Gasteiger partial charge on any atom is -0.465 e. The van der Waals surface area contributed by atoms with E-state index in [0.29, 0.717) is 6.42 Å². The molecule has 0 saturated heterocycles. The molecule has 4 nitrogen and oxygen atoms in total. The van der Waals surface area contributed by atoms with Crippen molar-refractivity contribution in [2.24, 2.45) is 5.41 Å². The van der Waals surface area contributed by atoms with Crippen molar-refractivity contribution in [2.45, 2.75) is 111 Å². The van der Waals surface area contributed by atoms with Crippen LogP contribution >= 0.6 is 0 Å². The van der Waals surface area contributed by atoms with Crippen molar-refractivity contribution in [3.63, 3.8) is 0 Å².